The number of para-hydroxylation sites is 1. The fraction of sp³-hybridized carbons (Fsp3) is 0.500. The molecule has 3 heteroatoms. The molecule has 1 aliphatic rings. The third-order valence-electron chi connectivity index (χ3n) is 2.99. The van der Waals surface area contributed by atoms with Crippen molar-refractivity contribution < 1.29 is 5.11 Å². The van der Waals surface area contributed by atoms with E-state index in [-0.39, 0.29) is 12.6 Å². The zero-order chi connectivity index (χ0) is 10.7. The number of rotatable bonds is 4. The Morgan fingerprint density at radius 1 is 1.40 bits per heavy atom. The highest BCUT2D eigenvalue weighted by molar-refractivity contribution is 5.57. The van der Waals surface area contributed by atoms with E-state index in [1.807, 2.05) is 0 Å². The van der Waals surface area contributed by atoms with Gasteiger partial charge in [-0.15, -0.1) is 0 Å². The van der Waals surface area contributed by atoms with Crippen LogP contribution in [-0.2, 0) is 6.42 Å². The van der Waals surface area contributed by atoms with Crippen LogP contribution in [0.5, 0.6) is 0 Å². The third kappa shape index (κ3) is 2.30. The first-order valence-corrected chi connectivity index (χ1v) is 5.50. The van der Waals surface area contributed by atoms with Gasteiger partial charge in [-0.1, -0.05) is 18.2 Å². The predicted molar refractivity (Wildman–Crippen MR) is 62.0 cm³/mol. The Morgan fingerprint density at radius 2 is 2.20 bits per heavy atom. The minimum atomic E-state index is -0.0854. The largest absolute Gasteiger partial charge is 0.395 e. The molecule has 1 atom stereocenters. The molecule has 0 fully saturated rings. The lowest BCUT2D eigenvalue weighted by molar-refractivity contribution is 0.261. The second-order valence-corrected chi connectivity index (χ2v) is 4.10. The Morgan fingerprint density at radius 3 is 3.00 bits per heavy atom. The first-order chi connectivity index (χ1) is 7.31. The summed E-state index contributed by atoms with van der Waals surface area (Å²) in [7, 11) is 0. The molecule has 1 aromatic rings. The number of hydrogen-bond donors (Lipinski definition) is 2. The molecule has 15 heavy (non-hydrogen) atoms. The van der Waals surface area contributed by atoms with Gasteiger partial charge >= 0.3 is 0 Å². The van der Waals surface area contributed by atoms with Crippen LogP contribution in [0.2, 0.25) is 0 Å². The van der Waals surface area contributed by atoms with Gasteiger partial charge in [0, 0.05) is 24.8 Å². The third-order valence-corrected chi connectivity index (χ3v) is 2.99. The van der Waals surface area contributed by atoms with Gasteiger partial charge in [0.25, 0.3) is 0 Å². The summed E-state index contributed by atoms with van der Waals surface area (Å²) in [6, 6.07) is 8.41. The second kappa shape index (κ2) is 4.64. The molecule has 1 aromatic carbocycles. The van der Waals surface area contributed by atoms with Crippen molar-refractivity contribution in [1.29, 1.82) is 0 Å². The maximum Gasteiger partial charge on any atom is 0.0583 e. The minimum absolute atomic E-state index is 0.0789. The lowest BCUT2D eigenvalue weighted by atomic mass is 10.2. The number of aliphatic hydroxyl groups is 1. The minimum Gasteiger partial charge on any atom is -0.395 e. The van der Waals surface area contributed by atoms with Crippen LogP contribution in [-0.4, -0.2) is 30.8 Å². The SMILES string of the molecule is NC(CO)CCN1CCc2ccccc21. The Bertz CT molecular complexity index is 327. The van der Waals surface area contributed by atoms with Crippen molar-refractivity contribution in [3.8, 4) is 0 Å². The predicted octanol–water partition coefficient (Wildman–Crippen LogP) is 0.759. The summed E-state index contributed by atoms with van der Waals surface area (Å²) in [5.74, 6) is 0. The fourth-order valence-corrected chi connectivity index (χ4v) is 2.05. The number of benzene rings is 1. The molecule has 3 nitrogen and oxygen atoms in total. The van der Waals surface area contributed by atoms with Crippen LogP contribution in [0.15, 0.2) is 24.3 Å². The summed E-state index contributed by atoms with van der Waals surface area (Å²) in [5.41, 5.74) is 8.46. The smallest absolute Gasteiger partial charge is 0.0583 e. The molecule has 0 amide bonds. The van der Waals surface area contributed by atoms with E-state index in [0.717, 1.165) is 25.9 Å². The van der Waals surface area contributed by atoms with E-state index in [9.17, 15) is 0 Å². The van der Waals surface area contributed by atoms with E-state index < -0.39 is 0 Å². The van der Waals surface area contributed by atoms with Crippen molar-refractivity contribution in [2.45, 2.75) is 18.9 Å². The summed E-state index contributed by atoms with van der Waals surface area (Å²) >= 11 is 0. The average Bonchev–Trinajstić information content (AvgIpc) is 2.69. The molecule has 1 heterocycles. The van der Waals surface area contributed by atoms with Gasteiger partial charge in [-0.05, 0) is 24.5 Å². The molecule has 0 aliphatic carbocycles. The molecule has 1 aliphatic heterocycles. The number of anilines is 1. The molecule has 0 aromatic heterocycles. The molecule has 0 bridgehead atoms. The molecular formula is C12H18N2O. The van der Waals surface area contributed by atoms with Gasteiger partial charge in [0.1, 0.15) is 0 Å². The molecule has 0 radical (unpaired) electrons. The highest BCUT2D eigenvalue weighted by Gasteiger charge is 2.18. The quantitative estimate of drug-likeness (QED) is 0.764. The number of hydrogen-bond acceptors (Lipinski definition) is 3. The van der Waals surface area contributed by atoms with E-state index in [1.54, 1.807) is 0 Å². The van der Waals surface area contributed by atoms with Gasteiger partial charge in [-0.3, -0.25) is 0 Å². The lowest BCUT2D eigenvalue weighted by Gasteiger charge is -2.20. The molecule has 0 saturated heterocycles. The van der Waals surface area contributed by atoms with Gasteiger partial charge in [-0.25, -0.2) is 0 Å². The van der Waals surface area contributed by atoms with Crippen LogP contribution in [0.25, 0.3) is 0 Å². The van der Waals surface area contributed by atoms with Gasteiger partial charge in [-0.2, -0.15) is 0 Å². The topological polar surface area (TPSA) is 49.5 Å². The summed E-state index contributed by atoms with van der Waals surface area (Å²) in [5, 5.41) is 8.86. The maximum absolute atomic E-state index is 8.86. The van der Waals surface area contributed by atoms with Crippen LogP contribution in [0.1, 0.15) is 12.0 Å². The van der Waals surface area contributed by atoms with Crippen molar-refractivity contribution in [1.82, 2.24) is 0 Å². The first kappa shape index (κ1) is 10.5. The van der Waals surface area contributed by atoms with Crippen molar-refractivity contribution in [3.63, 3.8) is 0 Å². The van der Waals surface area contributed by atoms with Crippen LogP contribution in [0.4, 0.5) is 5.69 Å². The van der Waals surface area contributed by atoms with E-state index in [1.165, 1.54) is 11.3 Å². The standard InChI is InChI=1S/C12H18N2O/c13-11(9-15)6-8-14-7-5-10-3-1-2-4-12(10)14/h1-4,11,15H,5-9,13H2. The first-order valence-electron chi connectivity index (χ1n) is 5.50. The normalized spacial score (nSPS) is 16.5. The van der Waals surface area contributed by atoms with Crippen LogP contribution >= 0.6 is 0 Å². The van der Waals surface area contributed by atoms with Crippen LogP contribution in [0, 0.1) is 0 Å². The van der Waals surface area contributed by atoms with Crippen LogP contribution < -0.4 is 10.6 Å². The molecule has 0 saturated carbocycles. The molecule has 82 valence electrons. The zero-order valence-corrected chi connectivity index (χ0v) is 8.89. The Hall–Kier alpha value is -1.06. The molecular weight excluding hydrogens is 188 g/mol. The lowest BCUT2D eigenvalue weighted by Crippen LogP contribution is -2.31. The Balaban J connectivity index is 1.96. The van der Waals surface area contributed by atoms with E-state index in [0.29, 0.717) is 0 Å². The highest BCUT2D eigenvalue weighted by Crippen LogP contribution is 2.27. The Kier molecular flexibility index (Phi) is 3.23. The van der Waals surface area contributed by atoms with E-state index in [2.05, 4.69) is 29.2 Å². The van der Waals surface area contributed by atoms with Crippen molar-refractivity contribution in [2.75, 3.05) is 24.6 Å². The summed E-state index contributed by atoms with van der Waals surface area (Å²) in [6.45, 7) is 2.10. The van der Waals surface area contributed by atoms with E-state index >= 15 is 0 Å². The highest BCUT2D eigenvalue weighted by atomic mass is 16.3. The molecule has 3 N–H and O–H groups in total. The number of nitrogens with two attached hydrogens (primary N) is 1. The van der Waals surface area contributed by atoms with Crippen LogP contribution in [0.3, 0.4) is 0 Å². The van der Waals surface area contributed by atoms with E-state index in [4.69, 9.17) is 10.8 Å². The fourth-order valence-electron chi connectivity index (χ4n) is 2.05. The molecule has 2 rings (SSSR count). The second-order valence-electron chi connectivity index (χ2n) is 4.10. The number of nitrogens with zero attached hydrogens (tertiary/aromatic N) is 1. The van der Waals surface area contributed by atoms with Gasteiger partial charge < -0.3 is 15.7 Å². The number of fused-ring (bicyclic) bond motifs is 1. The van der Waals surface area contributed by atoms with Gasteiger partial charge in [0.15, 0.2) is 0 Å². The van der Waals surface area contributed by atoms with Crippen molar-refractivity contribution >= 4 is 5.69 Å². The van der Waals surface area contributed by atoms with Crippen molar-refractivity contribution in [3.05, 3.63) is 29.8 Å². The monoisotopic (exact) mass is 206 g/mol. The Labute approximate surface area is 90.5 Å². The number of aliphatic hydroxyl groups excluding tert-OH is 1. The van der Waals surface area contributed by atoms with Gasteiger partial charge in [0.05, 0.1) is 6.61 Å². The molecule has 0 spiro atoms. The maximum atomic E-state index is 8.86. The van der Waals surface area contributed by atoms with Crippen molar-refractivity contribution in [2.24, 2.45) is 5.73 Å². The summed E-state index contributed by atoms with van der Waals surface area (Å²) in [6.07, 6.45) is 1.98. The summed E-state index contributed by atoms with van der Waals surface area (Å²) in [4.78, 5) is 2.35. The molecule has 1 unspecified atom stereocenters. The average molecular weight is 206 g/mol. The summed E-state index contributed by atoms with van der Waals surface area (Å²) < 4.78 is 0. The van der Waals surface area contributed by atoms with Gasteiger partial charge in [0.2, 0.25) is 0 Å². The zero-order valence-electron chi connectivity index (χ0n) is 8.89.